The quantitative estimate of drug-likeness (QED) is 0.253. The maximum absolute atomic E-state index is 12.1. The minimum absolute atomic E-state index is 0.0578. The highest BCUT2D eigenvalue weighted by atomic mass is 32.2. The van der Waals surface area contributed by atoms with Gasteiger partial charge in [0.2, 0.25) is 0 Å². The number of unbranched alkanes of at least 4 members (excludes halogenated alkanes) is 1. The predicted molar refractivity (Wildman–Crippen MR) is 118 cm³/mol. The second-order valence-corrected chi connectivity index (χ2v) is 9.27. The van der Waals surface area contributed by atoms with Crippen LogP contribution in [-0.4, -0.2) is 54.2 Å². The Kier molecular flexibility index (Phi) is 7.47. The molecule has 0 saturated carbocycles. The monoisotopic (exact) mass is 434 g/mol. The number of amides is 4. The Morgan fingerprint density at radius 2 is 1.97 bits per heavy atom. The number of nitrogens with one attached hydrogen (secondary N) is 3. The molecular formula is C21H30N4O4S. The van der Waals surface area contributed by atoms with Crippen molar-refractivity contribution in [2.75, 3.05) is 17.7 Å². The van der Waals surface area contributed by atoms with Crippen molar-refractivity contribution in [1.29, 1.82) is 0 Å². The Hall–Kier alpha value is -2.42. The highest BCUT2D eigenvalue weighted by Crippen LogP contribution is 2.33. The van der Waals surface area contributed by atoms with Gasteiger partial charge in [-0.3, -0.25) is 9.69 Å². The molecular weight excluding hydrogens is 404 g/mol. The second kappa shape index (κ2) is 10.1. The van der Waals surface area contributed by atoms with E-state index >= 15 is 0 Å². The third kappa shape index (κ3) is 5.81. The molecule has 30 heavy (non-hydrogen) atoms. The van der Waals surface area contributed by atoms with E-state index in [0.717, 1.165) is 25.0 Å². The lowest BCUT2D eigenvalue weighted by molar-refractivity contribution is -0.134. The van der Waals surface area contributed by atoms with Gasteiger partial charge in [0, 0.05) is 36.2 Å². The summed E-state index contributed by atoms with van der Waals surface area (Å²) in [5.74, 6) is 1.15. The van der Waals surface area contributed by atoms with E-state index in [1.807, 2.05) is 25.6 Å². The molecule has 0 bridgehead atoms. The number of urea groups is 2. The van der Waals surface area contributed by atoms with Crippen LogP contribution in [0.5, 0.6) is 5.75 Å². The molecule has 3 N–H and O–H groups in total. The average Bonchev–Trinajstić information content (AvgIpc) is 3.24. The number of hydrogen-bond donors (Lipinski definition) is 3. The summed E-state index contributed by atoms with van der Waals surface area (Å²) in [6.45, 7) is 3.81. The molecule has 0 aromatic heterocycles. The summed E-state index contributed by atoms with van der Waals surface area (Å²) in [5.41, 5.74) is 0.716. The van der Waals surface area contributed by atoms with Crippen LogP contribution in [0.4, 0.5) is 15.3 Å². The molecule has 164 valence electrons. The molecule has 0 aliphatic carbocycles. The van der Waals surface area contributed by atoms with Crippen LogP contribution in [0, 0.1) is 0 Å². The minimum Gasteiger partial charge on any atom is -0.427 e. The molecule has 2 aliphatic rings. The zero-order valence-corrected chi connectivity index (χ0v) is 18.5. The number of carbonyl (C=O) groups is 3. The largest absolute Gasteiger partial charge is 0.427 e. The smallest absolute Gasteiger partial charge is 0.321 e. The number of rotatable bonds is 8. The fraction of sp³-hybridized carbons (Fsp3) is 0.571. The minimum atomic E-state index is -0.263. The summed E-state index contributed by atoms with van der Waals surface area (Å²) < 4.78 is 5.40. The molecule has 4 amide bonds. The lowest BCUT2D eigenvalue weighted by atomic mass is 10.0. The maximum atomic E-state index is 12.1. The number of anilines is 1. The number of esters is 1. The molecule has 9 heteroatoms. The molecule has 0 radical (unpaired) electrons. The molecule has 2 heterocycles. The van der Waals surface area contributed by atoms with Crippen LogP contribution in [-0.2, 0) is 4.79 Å². The Balaban J connectivity index is 1.37. The van der Waals surface area contributed by atoms with Gasteiger partial charge in [-0.1, -0.05) is 6.42 Å². The molecule has 2 saturated heterocycles. The van der Waals surface area contributed by atoms with E-state index in [1.165, 1.54) is 4.90 Å². The predicted octanol–water partition coefficient (Wildman–Crippen LogP) is 2.87. The fourth-order valence-electron chi connectivity index (χ4n) is 3.64. The first-order valence-corrected chi connectivity index (χ1v) is 11.4. The second-order valence-electron chi connectivity index (χ2n) is 8.00. The molecule has 0 unspecified atom stereocenters. The van der Waals surface area contributed by atoms with E-state index < -0.39 is 0 Å². The maximum Gasteiger partial charge on any atom is 0.321 e. The van der Waals surface area contributed by atoms with Gasteiger partial charge in [-0.05, 0) is 51.0 Å². The van der Waals surface area contributed by atoms with E-state index in [-0.39, 0.29) is 36.2 Å². The first-order valence-electron chi connectivity index (χ1n) is 10.4. The van der Waals surface area contributed by atoms with Crippen molar-refractivity contribution in [2.45, 2.75) is 62.9 Å². The highest BCUT2D eigenvalue weighted by molar-refractivity contribution is 8.00. The lowest BCUT2D eigenvalue weighted by Crippen LogP contribution is -2.40. The lowest BCUT2D eigenvalue weighted by Gasteiger charge is -2.20. The number of nitrogens with zero attached hydrogens (tertiary/aromatic N) is 1. The summed E-state index contributed by atoms with van der Waals surface area (Å²) in [6, 6.07) is 7.12. The van der Waals surface area contributed by atoms with Gasteiger partial charge in [-0.15, -0.1) is 0 Å². The summed E-state index contributed by atoms with van der Waals surface area (Å²) in [4.78, 5) is 37.1. The van der Waals surface area contributed by atoms with E-state index in [0.29, 0.717) is 23.1 Å². The van der Waals surface area contributed by atoms with Crippen LogP contribution in [0.2, 0.25) is 0 Å². The topological polar surface area (TPSA) is 99.8 Å². The zero-order chi connectivity index (χ0) is 21.7. The Morgan fingerprint density at radius 1 is 1.23 bits per heavy atom. The molecule has 0 spiro atoms. The van der Waals surface area contributed by atoms with Crippen molar-refractivity contribution in [1.82, 2.24) is 16.0 Å². The van der Waals surface area contributed by atoms with Gasteiger partial charge in [-0.2, -0.15) is 11.8 Å². The van der Waals surface area contributed by atoms with Gasteiger partial charge in [-0.25, -0.2) is 9.59 Å². The summed E-state index contributed by atoms with van der Waals surface area (Å²) in [5, 5.41) is 9.15. The zero-order valence-electron chi connectivity index (χ0n) is 17.6. The molecule has 1 aromatic carbocycles. The average molecular weight is 435 g/mol. The Labute approximate surface area is 181 Å². The van der Waals surface area contributed by atoms with Crippen LogP contribution >= 0.6 is 11.8 Å². The molecule has 2 fully saturated rings. The fourth-order valence-corrected chi connectivity index (χ4v) is 5.18. The first kappa shape index (κ1) is 22.3. The van der Waals surface area contributed by atoms with Crippen molar-refractivity contribution in [3.63, 3.8) is 0 Å². The first-order chi connectivity index (χ1) is 14.3. The van der Waals surface area contributed by atoms with Crippen molar-refractivity contribution in [2.24, 2.45) is 0 Å². The normalized spacial score (nSPS) is 22.3. The molecule has 8 nitrogen and oxygen atoms in total. The van der Waals surface area contributed by atoms with E-state index in [4.69, 9.17) is 4.74 Å². The summed E-state index contributed by atoms with van der Waals surface area (Å²) in [7, 11) is 1.69. The highest BCUT2D eigenvalue weighted by Gasteiger charge is 2.42. The standard InChI is InChI=1S/C21H30N4O4S/c1-13(2)22-21(28)25(3)14-8-10-15(11-9-14)29-18(26)7-5-4-6-17-19-16(12-30-17)23-20(27)24-19/h8-11,13,16-17,19H,4-7,12H2,1-3H3,(H,22,28)(H2,23,24,27)/t16-,17-,19-/m0/s1. The van der Waals surface area contributed by atoms with E-state index in [1.54, 1.807) is 31.3 Å². The molecule has 2 aliphatic heterocycles. The third-order valence-corrected chi connectivity index (χ3v) is 6.74. The third-order valence-electron chi connectivity index (χ3n) is 5.23. The molecule has 3 rings (SSSR count). The van der Waals surface area contributed by atoms with Crippen LogP contribution in [0.25, 0.3) is 0 Å². The van der Waals surface area contributed by atoms with Crippen molar-refractivity contribution in [3.8, 4) is 5.75 Å². The van der Waals surface area contributed by atoms with Gasteiger partial charge in [0.25, 0.3) is 0 Å². The SMILES string of the molecule is CC(C)NC(=O)N(C)c1ccc(OC(=O)CCCC[C@@H]2SC[C@@H]3NC(=O)N[C@@H]32)cc1. The summed E-state index contributed by atoms with van der Waals surface area (Å²) in [6.07, 6.45) is 3.00. The van der Waals surface area contributed by atoms with Crippen molar-refractivity contribution >= 4 is 35.5 Å². The number of thioether (sulfide) groups is 1. The van der Waals surface area contributed by atoms with E-state index in [2.05, 4.69) is 16.0 Å². The van der Waals surface area contributed by atoms with Crippen LogP contribution in [0.1, 0.15) is 39.5 Å². The van der Waals surface area contributed by atoms with Crippen molar-refractivity contribution in [3.05, 3.63) is 24.3 Å². The Bertz CT molecular complexity index is 771. The van der Waals surface area contributed by atoms with E-state index in [9.17, 15) is 14.4 Å². The Morgan fingerprint density at radius 3 is 2.67 bits per heavy atom. The van der Waals surface area contributed by atoms with Crippen LogP contribution in [0.3, 0.4) is 0 Å². The van der Waals surface area contributed by atoms with Crippen LogP contribution in [0.15, 0.2) is 24.3 Å². The number of fused-ring (bicyclic) bond motifs is 1. The number of benzene rings is 1. The van der Waals surface area contributed by atoms with Gasteiger partial charge in [0.1, 0.15) is 5.75 Å². The number of ether oxygens (including phenoxy) is 1. The van der Waals surface area contributed by atoms with Gasteiger partial charge in [0.05, 0.1) is 12.1 Å². The number of hydrogen-bond acceptors (Lipinski definition) is 5. The van der Waals surface area contributed by atoms with Crippen molar-refractivity contribution < 1.29 is 19.1 Å². The molecule has 1 aromatic rings. The molecule has 3 atom stereocenters. The summed E-state index contributed by atoms with van der Waals surface area (Å²) >= 11 is 1.88. The van der Waals surface area contributed by atoms with Crippen LogP contribution < -0.4 is 25.6 Å². The van der Waals surface area contributed by atoms with Gasteiger partial charge < -0.3 is 20.7 Å². The van der Waals surface area contributed by atoms with Gasteiger partial charge in [0.15, 0.2) is 0 Å². The number of carbonyl (C=O) groups excluding carboxylic acids is 3. The van der Waals surface area contributed by atoms with Gasteiger partial charge >= 0.3 is 18.0 Å².